The van der Waals surface area contributed by atoms with Gasteiger partial charge in [-0.1, -0.05) is 0 Å². The molecule has 2 heterocycles. The molecule has 1 aliphatic rings. The molecule has 4 nitrogen and oxygen atoms in total. The minimum Gasteiger partial charge on any atom is -0.348 e. The van der Waals surface area contributed by atoms with Gasteiger partial charge in [0.2, 0.25) is 0 Å². The summed E-state index contributed by atoms with van der Waals surface area (Å²) >= 11 is 0. The van der Waals surface area contributed by atoms with E-state index in [1.54, 1.807) is 6.33 Å². The summed E-state index contributed by atoms with van der Waals surface area (Å²) in [5, 5.41) is 3.64. The first kappa shape index (κ1) is 12.6. The van der Waals surface area contributed by atoms with Crippen LogP contribution in [0.25, 0.3) is 0 Å². The third-order valence-electron chi connectivity index (χ3n) is 3.64. The summed E-state index contributed by atoms with van der Waals surface area (Å²) in [4.78, 5) is 9.73. The fourth-order valence-corrected chi connectivity index (χ4v) is 2.45. The van der Waals surface area contributed by atoms with E-state index in [1.165, 1.54) is 31.6 Å². The van der Waals surface area contributed by atoms with Crippen LogP contribution in [-0.4, -0.2) is 46.6 Å². The third-order valence-corrected chi connectivity index (χ3v) is 3.64. The Bertz CT molecular complexity index is 299. The van der Waals surface area contributed by atoms with Crippen LogP contribution in [0.3, 0.4) is 0 Å². The van der Waals surface area contributed by atoms with Crippen molar-refractivity contribution < 1.29 is 0 Å². The zero-order chi connectivity index (χ0) is 12.1. The number of nitrogens with one attached hydrogen (secondary N) is 2. The van der Waals surface area contributed by atoms with Gasteiger partial charge in [-0.2, -0.15) is 0 Å². The Morgan fingerprint density at radius 1 is 1.47 bits per heavy atom. The van der Waals surface area contributed by atoms with E-state index in [0.717, 1.165) is 13.0 Å². The van der Waals surface area contributed by atoms with Gasteiger partial charge in [-0.05, 0) is 39.8 Å². The molecule has 1 aromatic rings. The van der Waals surface area contributed by atoms with Crippen LogP contribution >= 0.6 is 0 Å². The van der Waals surface area contributed by atoms with Gasteiger partial charge >= 0.3 is 0 Å². The summed E-state index contributed by atoms with van der Waals surface area (Å²) in [6.07, 6.45) is 7.26. The summed E-state index contributed by atoms with van der Waals surface area (Å²) in [6.45, 7) is 8.09. The highest BCUT2D eigenvalue weighted by molar-refractivity contribution is 4.94. The number of hydrogen-bond acceptors (Lipinski definition) is 3. The topological polar surface area (TPSA) is 44.0 Å². The van der Waals surface area contributed by atoms with E-state index in [2.05, 4.69) is 34.0 Å². The molecule has 0 bridgehead atoms. The van der Waals surface area contributed by atoms with Crippen LogP contribution < -0.4 is 5.32 Å². The van der Waals surface area contributed by atoms with Crippen molar-refractivity contribution in [2.45, 2.75) is 45.2 Å². The summed E-state index contributed by atoms with van der Waals surface area (Å²) in [5.74, 6) is 0. The Balaban J connectivity index is 1.62. The van der Waals surface area contributed by atoms with Gasteiger partial charge in [0, 0.05) is 36.9 Å². The van der Waals surface area contributed by atoms with Crippen LogP contribution in [0.4, 0.5) is 0 Å². The fraction of sp³-hybridized carbons (Fsp3) is 0.769. The summed E-state index contributed by atoms with van der Waals surface area (Å²) in [6, 6.07) is 1.40. The lowest BCUT2D eigenvalue weighted by molar-refractivity contribution is 0.161. The maximum Gasteiger partial charge on any atom is 0.0921 e. The molecule has 1 saturated heterocycles. The SMILES string of the molecule is CC(C)N1CCC(NCCc2cnc[nH]2)CC1. The van der Waals surface area contributed by atoms with E-state index < -0.39 is 0 Å². The molecule has 0 amide bonds. The number of imidazole rings is 1. The van der Waals surface area contributed by atoms with Crippen molar-refractivity contribution in [2.75, 3.05) is 19.6 Å². The highest BCUT2D eigenvalue weighted by Gasteiger charge is 2.19. The molecule has 96 valence electrons. The lowest BCUT2D eigenvalue weighted by atomic mass is 10.0. The molecule has 0 aromatic carbocycles. The molecule has 17 heavy (non-hydrogen) atoms. The Morgan fingerprint density at radius 3 is 2.82 bits per heavy atom. The number of nitrogens with zero attached hydrogens (tertiary/aromatic N) is 2. The maximum atomic E-state index is 4.03. The molecule has 0 saturated carbocycles. The molecule has 1 fully saturated rings. The summed E-state index contributed by atoms with van der Waals surface area (Å²) in [5.41, 5.74) is 1.22. The molecule has 4 heteroatoms. The predicted molar refractivity (Wildman–Crippen MR) is 70.0 cm³/mol. The van der Waals surface area contributed by atoms with Crippen molar-refractivity contribution in [3.8, 4) is 0 Å². The number of likely N-dealkylation sites (tertiary alicyclic amines) is 1. The Kier molecular flexibility index (Phi) is 4.57. The normalized spacial score (nSPS) is 19.0. The molecule has 2 rings (SSSR count). The van der Waals surface area contributed by atoms with E-state index in [4.69, 9.17) is 0 Å². The van der Waals surface area contributed by atoms with Crippen LogP contribution in [0.1, 0.15) is 32.4 Å². The summed E-state index contributed by atoms with van der Waals surface area (Å²) in [7, 11) is 0. The first-order valence-electron chi connectivity index (χ1n) is 6.70. The fourth-order valence-electron chi connectivity index (χ4n) is 2.45. The first-order valence-corrected chi connectivity index (χ1v) is 6.70. The smallest absolute Gasteiger partial charge is 0.0921 e. The lowest BCUT2D eigenvalue weighted by Crippen LogP contribution is -2.45. The Morgan fingerprint density at radius 2 is 2.24 bits per heavy atom. The van der Waals surface area contributed by atoms with Gasteiger partial charge in [0.25, 0.3) is 0 Å². The largest absolute Gasteiger partial charge is 0.348 e. The van der Waals surface area contributed by atoms with Crippen molar-refractivity contribution in [2.24, 2.45) is 0 Å². The average Bonchev–Trinajstić information content (AvgIpc) is 2.83. The van der Waals surface area contributed by atoms with Crippen molar-refractivity contribution in [1.82, 2.24) is 20.2 Å². The molecule has 2 N–H and O–H groups in total. The van der Waals surface area contributed by atoms with E-state index >= 15 is 0 Å². The second-order valence-corrected chi connectivity index (χ2v) is 5.18. The zero-order valence-corrected chi connectivity index (χ0v) is 10.9. The van der Waals surface area contributed by atoms with E-state index in [9.17, 15) is 0 Å². The number of H-pyrrole nitrogens is 1. The van der Waals surface area contributed by atoms with Gasteiger partial charge in [0.15, 0.2) is 0 Å². The molecular formula is C13H24N4. The average molecular weight is 236 g/mol. The van der Waals surface area contributed by atoms with Gasteiger partial charge in [0.05, 0.1) is 6.33 Å². The molecule has 0 unspecified atom stereocenters. The van der Waals surface area contributed by atoms with E-state index in [1.807, 2.05) is 6.20 Å². The number of piperidine rings is 1. The van der Waals surface area contributed by atoms with E-state index in [0.29, 0.717) is 12.1 Å². The second kappa shape index (κ2) is 6.17. The van der Waals surface area contributed by atoms with Crippen molar-refractivity contribution in [3.63, 3.8) is 0 Å². The highest BCUT2D eigenvalue weighted by atomic mass is 15.2. The molecule has 1 aromatic heterocycles. The molecule has 0 aliphatic carbocycles. The Labute approximate surface area is 104 Å². The number of aromatic amines is 1. The minimum absolute atomic E-state index is 0.695. The van der Waals surface area contributed by atoms with Crippen molar-refractivity contribution in [3.05, 3.63) is 18.2 Å². The highest BCUT2D eigenvalue weighted by Crippen LogP contribution is 2.12. The molecule has 0 spiro atoms. The second-order valence-electron chi connectivity index (χ2n) is 5.18. The van der Waals surface area contributed by atoms with Crippen LogP contribution in [-0.2, 0) is 6.42 Å². The van der Waals surface area contributed by atoms with Gasteiger partial charge in [-0.15, -0.1) is 0 Å². The standard InChI is InChI=1S/C13H24N4/c1-11(2)17-7-4-12(5-8-17)15-6-3-13-9-14-10-16-13/h9-12,15H,3-8H2,1-2H3,(H,14,16). The number of hydrogen-bond donors (Lipinski definition) is 2. The maximum absolute atomic E-state index is 4.03. The zero-order valence-electron chi connectivity index (χ0n) is 10.9. The minimum atomic E-state index is 0.695. The van der Waals surface area contributed by atoms with Gasteiger partial charge < -0.3 is 15.2 Å². The molecule has 0 radical (unpaired) electrons. The quantitative estimate of drug-likeness (QED) is 0.812. The van der Waals surface area contributed by atoms with Crippen molar-refractivity contribution in [1.29, 1.82) is 0 Å². The molecular weight excluding hydrogens is 212 g/mol. The first-order chi connectivity index (χ1) is 8.25. The van der Waals surface area contributed by atoms with Crippen LogP contribution in [0.15, 0.2) is 12.5 Å². The number of aromatic nitrogens is 2. The number of rotatable bonds is 5. The predicted octanol–water partition coefficient (Wildman–Crippen LogP) is 1.41. The molecule has 0 atom stereocenters. The van der Waals surface area contributed by atoms with E-state index in [-0.39, 0.29) is 0 Å². The van der Waals surface area contributed by atoms with Crippen LogP contribution in [0.5, 0.6) is 0 Å². The van der Waals surface area contributed by atoms with Crippen LogP contribution in [0.2, 0.25) is 0 Å². The third kappa shape index (κ3) is 3.82. The Hall–Kier alpha value is -0.870. The van der Waals surface area contributed by atoms with Gasteiger partial charge in [0.1, 0.15) is 0 Å². The lowest BCUT2D eigenvalue weighted by Gasteiger charge is -2.35. The monoisotopic (exact) mass is 236 g/mol. The summed E-state index contributed by atoms with van der Waals surface area (Å²) < 4.78 is 0. The molecule has 1 aliphatic heterocycles. The van der Waals surface area contributed by atoms with Gasteiger partial charge in [-0.3, -0.25) is 0 Å². The van der Waals surface area contributed by atoms with Crippen LogP contribution in [0, 0.1) is 0 Å². The van der Waals surface area contributed by atoms with Crippen molar-refractivity contribution >= 4 is 0 Å². The van der Waals surface area contributed by atoms with Gasteiger partial charge in [-0.25, -0.2) is 4.98 Å².